The average Bonchev–Trinajstić information content (AvgIpc) is 2.82. The number of aromatic nitrogens is 2. The molecule has 2 aromatic rings. The minimum atomic E-state index is -3.51. The van der Waals surface area contributed by atoms with Gasteiger partial charge in [0.15, 0.2) is 0 Å². The van der Waals surface area contributed by atoms with Crippen LogP contribution in [0.3, 0.4) is 0 Å². The van der Waals surface area contributed by atoms with Gasteiger partial charge in [-0.1, -0.05) is 32.0 Å². The van der Waals surface area contributed by atoms with Crippen molar-refractivity contribution in [2.75, 3.05) is 6.54 Å². The molecule has 0 spiro atoms. The molecule has 0 atom stereocenters. The van der Waals surface area contributed by atoms with Crippen LogP contribution >= 0.6 is 0 Å². The van der Waals surface area contributed by atoms with Crippen LogP contribution in [0.4, 0.5) is 0 Å². The highest BCUT2D eigenvalue weighted by Gasteiger charge is 2.20. The first-order valence-corrected chi connectivity index (χ1v) is 8.50. The molecule has 1 aromatic carbocycles. The monoisotopic (exact) mass is 307 g/mol. The Morgan fingerprint density at radius 2 is 1.90 bits per heavy atom. The van der Waals surface area contributed by atoms with Crippen LogP contribution in [-0.4, -0.2) is 24.7 Å². The Bertz CT molecular complexity index is 691. The second-order valence-corrected chi connectivity index (χ2v) is 7.17. The maximum Gasteiger partial charge on any atom is 0.243 e. The molecular weight excluding hydrogens is 286 g/mol. The number of sulfonamides is 1. The van der Waals surface area contributed by atoms with E-state index in [1.807, 2.05) is 30.3 Å². The molecule has 114 valence electrons. The average molecular weight is 307 g/mol. The highest BCUT2D eigenvalue weighted by Crippen LogP contribution is 2.16. The Morgan fingerprint density at radius 1 is 1.24 bits per heavy atom. The molecule has 0 amide bonds. The molecule has 0 saturated heterocycles. The normalized spacial score (nSPS) is 12.0. The molecule has 1 heterocycles. The Morgan fingerprint density at radius 3 is 2.52 bits per heavy atom. The number of para-hydroxylation sites is 1. The zero-order valence-electron chi connectivity index (χ0n) is 12.6. The summed E-state index contributed by atoms with van der Waals surface area (Å²) in [5.74, 6) is 0.459. The zero-order valence-corrected chi connectivity index (χ0v) is 13.4. The van der Waals surface area contributed by atoms with E-state index in [1.165, 1.54) is 0 Å². The third-order valence-electron chi connectivity index (χ3n) is 3.18. The third kappa shape index (κ3) is 3.92. The second-order valence-electron chi connectivity index (χ2n) is 5.44. The molecule has 0 aliphatic carbocycles. The van der Waals surface area contributed by atoms with Crippen molar-refractivity contribution in [3.63, 3.8) is 0 Å². The van der Waals surface area contributed by atoms with E-state index in [-0.39, 0.29) is 4.90 Å². The summed E-state index contributed by atoms with van der Waals surface area (Å²) in [4.78, 5) is 0.232. The smallest absolute Gasteiger partial charge is 0.239 e. The van der Waals surface area contributed by atoms with Gasteiger partial charge in [0.25, 0.3) is 0 Å². The molecule has 0 aliphatic rings. The van der Waals surface area contributed by atoms with Crippen molar-refractivity contribution in [3.8, 4) is 5.69 Å². The maximum atomic E-state index is 12.3. The molecule has 0 aliphatic heterocycles. The van der Waals surface area contributed by atoms with E-state index in [1.54, 1.807) is 17.8 Å². The van der Waals surface area contributed by atoms with Crippen molar-refractivity contribution < 1.29 is 8.42 Å². The molecule has 0 saturated carbocycles. The van der Waals surface area contributed by atoms with Gasteiger partial charge in [0.05, 0.1) is 17.6 Å². The van der Waals surface area contributed by atoms with Gasteiger partial charge in [-0.25, -0.2) is 17.8 Å². The fraction of sp³-hybridized carbons (Fsp3) is 0.400. The molecule has 0 unspecified atom stereocenters. The lowest BCUT2D eigenvalue weighted by atomic mass is 10.1. The van der Waals surface area contributed by atoms with Crippen molar-refractivity contribution in [3.05, 3.63) is 42.2 Å². The quantitative estimate of drug-likeness (QED) is 0.892. The first-order valence-electron chi connectivity index (χ1n) is 7.01. The van der Waals surface area contributed by atoms with E-state index < -0.39 is 10.0 Å². The molecule has 1 aromatic heterocycles. The summed E-state index contributed by atoms with van der Waals surface area (Å²) in [6.07, 6.45) is 2.37. The zero-order chi connectivity index (χ0) is 15.5. The van der Waals surface area contributed by atoms with Gasteiger partial charge in [-0.15, -0.1) is 0 Å². The largest absolute Gasteiger partial charge is 0.243 e. The standard InChI is InChI=1S/C15H21N3O2S/c1-12(2)9-10-16-21(19,20)15-11-18(17-13(15)3)14-7-5-4-6-8-14/h4-8,11-12,16H,9-10H2,1-3H3. The van der Waals surface area contributed by atoms with Crippen molar-refractivity contribution in [1.82, 2.24) is 14.5 Å². The number of benzene rings is 1. The number of aryl methyl sites for hydroxylation is 1. The predicted molar refractivity (Wildman–Crippen MR) is 82.9 cm³/mol. The van der Waals surface area contributed by atoms with Gasteiger partial charge in [0.1, 0.15) is 4.90 Å². The van der Waals surface area contributed by atoms with Crippen LogP contribution < -0.4 is 4.72 Å². The van der Waals surface area contributed by atoms with Gasteiger partial charge < -0.3 is 0 Å². The molecule has 2 rings (SSSR count). The summed E-state index contributed by atoms with van der Waals surface area (Å²) in [6, 6.07) is 9.46. The molecule has 0 bridgehead atoms. The fourth-order valence-corrected chi connectivity index (χ4v) is 3.19. The van der Waals surface area contributed by atoms with E-state index in [0.29, 0.717) is 18.2 Å². The lowest BCUT2D eigenvalue weighted by Gasteiger charge is -2.07. The fourth-order valence-electron chi connectivity index (χ4n) is 1.98. The number of hydrogen-bond donors (Lipinski definition) is 1. The topological polar surface area (TPSA) is 64.0 Å². The van der Waals surface area contributed by atoms with Gasteiger partial charge in [-0.3, -0.25) is 0 Å². The van der Waals surface area contributed by atoms with Crippen LogP contribution in [-0.2, 0) is 10.0 Å². The number of nitrogens with one attached hydrogen (secondary N) is 1. The lowest BCUT2D eigenvalue weighted by Crippen LogP contribution is -2.25. The summed E-state index contributed by atoms with van der Waals surface area (Å²) in [5.41, 5.74) is 1.33. The van der Waals surface area contributed by atoms with Crippen LogP contribution in [0.1, 0.15) is 26.0 Å². The van der Waals surface area contributed by atoms with Crippen molar-refractivity contribution in [2.24, 2.45) is 5.92 Å². The summed E-state index contributed by atoms with van der Waals surface area (Å²) in [7, 11) is -3.51. The van der Waals surface area contributed by atoms with Gasteiger partial charge in [-0.05, 0) is 31.4 Å². The second kappa shape index (κ2) is 6.41. The maximum absolute atomic E-state index is 12.3. The summed E-state index contributed by atoms with van der Waals surface area (Å²) in [5, 5.41) is 4.29. The van der Waals surface area contributed by atoms with Crippen molar-refractivity contribution >= 4 is 10.0 Å². The van der Waals surface area contributed by atoms with Crippen LogP contribution in [0.2, 0.25) is 0 Å². The van der Waals surface area contributed by atoms with Gasteiger partial charge in [-0.2, -0.15) is 5.10 Å². The van der Waals surface area contributed by atoms with Gasteiger partial charge >= 0.3 is 0 Å². The Balaban J connectivity index is 2.22. The number of hydrogen-bond acceptors (Lipinski definition) is 3. The minimum Gasteiger partial charge on any atom is -0.239 e. The van der Waals surface area contributed by atoms with Crippen molar-refractivity contribution in [1.29, 1.82) is 0 Å². The van der Waals surface area contributed by atoms with E-state index >= 15 is 0 Å². The number of nitrogens with zero attached hydrogens (tertiary/aromatic N) is 2. The Hall–Kier alpha value is -1.66. The van der Waals surface area contributed by atoms with E-state index in [0.717, 1.165) is 12.1 Å². The van der Waals surface area contributed by atoms with E-state index in [4.69, 9.17) is 0 Å². The molecule has 1 N–H and O–H groups in total. The number of rotatable bonds is 6. The molecule has 5 nitrogen and oxygen atoms in total. The Labute approximate surface area is 126 Å². The summed E-state index contributed by atoms with van der Waals surface area (Å²) in [6.45, 7) is 6.27. The summed E-state index contributed by atoms with van der Waals surface area (Å²) < 4.78 is 28.9. The van der Waals surface area contributed by atoms with Crippen molar-refractivity contribution in [2.45, 2.75) is 32.1 Å². The van der Waals surface area contributed by atoms with E-state index in [2.05, 4.69) is 23.7 Å². The Kier molecular flexibility index (Phi) is 4.80. The van der Waals surface area contributed by atoms with Crippen LogP contribution in [0, 0.1) is 12.8 Å². The van der Waals surface area contributed by atoms with Gasteiger partial charge in [0, 0.05) is 6.54 Å². The first kappa shape index (κ1) is 15.7. The highest BCUT2D eigenvalue weighted by atomic mass is 32.2. The highest BCUT2D eigenvalue weighted by molar-refractivity contribution is 7.89. The predicted octanol–water partition coefficient (Wildman–Crippen LogP) is 2.51. The summed E-state index contributed by atoms with van der Waals surface area (Å²) >= 11 is 0. The molecule has 6 heteroatoms. The third-order valence-corrected chi connectivity index (χ3v) is 4.74. The van der Waals surface area contributed by atoms with Crippen LogP contribution in [0.25, 0.3) is 5.69 Å². The van der Waals surface area contributed by atoms with Crippen LogP contribution in [0.15, 0.2) is 41.4 Å². The molecule has 0 fully saturated rings. The molecule has 0 radical (unpaired) electrons. The molecular formula is C15H21N3O2S. The first-order chi connectivity index (χ1) is 9.90. The van der Waals surface area contributed by atoms with Gasteiger partial charge in [0.2, 0.25) is 10.0 Å². The lowest BCUT2D eigenvalue weighted by molar-refractivity contribution is 0.551. The minimum absolute atomic E-state index is 0.232. The van der Waals surface area contributed by atoms with Crippen LogP contribution in [0.5, 0.6) is 0 Å². The SMILES string of the molecule is Cc1nn(-c2ccccc2)cc1S(=O)(=O)NCCC(C)C. The van der Waals surface area contributed by atoms with E-state index in [9.17, 15) is 8.42 Å². The molecule has 21 heavy (non-hydrogen) atoms.